The third kappa shape index (κ3) is 3.60. The van der Waals surface area contributed by atoms with Gasteiger partial charge in [0.1, 0.15) is 4.83 Å². The summed E-state index contributed by atoms with van der Waals surface area (Å²) in [5, 5.41) is 6.03. The molecule has 0 aromatic carbocycles. The predicted molar refractivity (Wildman–Crippen MR) is 85.8 cm³/mol. The third-order valence-electron chi connectivity index (χ3n) is 3.51. The maximum Gasteiger partial charge on any atom is 0.227 e. The molecule has 20 heavy (non-hydrogen) atoms. The summed E-state index contributed by atoms with van der Waals surface area (Å²) in [5.74, 6) is 1.93. The van der Waals surface area contributed by atoms with Gasteiger partial charge in [0.15, 0.2) is 0 Å². The molecule has 1 atom stereocenters. The number of unbranched alkanes of at least 4 members (excludes halogenated alkanes) is 1. The van der Waals surface area contributed by atoms with Gasteiger partial charge in [-0.1, -0.05) is 33.1 Å². The number of nitrogens with one attached hydrogen (secondary N) is 1. The lowest BCUT2D eigenvalue weighted by Gasteiger charge is -2.15. The molecule has 0 saturated heterocycles. The summed E-state index contributed by atoms with van der Waals surface area (Å²) in [6.45, 7) is 5.19. The Morgan fingerprint density at radius 3 is 2.90 bits per heavy atom. The maximum absolute atomic E-state index is 5.99. The van der Waals surface area contributed by atoms with Gasteiger partial charge in [-0.25, -0.2) is 4.98 Å². The van der Waals surface area contributed by atoms with Crippen LogP contribution in [0.2, 0.25) is 0 Å². The molecule has 0 spiro atoms. The second-order valence-corrected chi connectivity index (χ2v) is 5.86. The number of hydrogen-bond donors (Lipinski definition) is 1. The summed E-state index contributed by atoms with van der Waals surface area (Å²) in [6, 6.07) is 2.03. The molecule has 0 bridgehead atoms. The van der Waals surface area contributed by atoms with Gasteiger partial charge in [-0.3, -0.25) is 0 Å². The molecule has 0 radical (unpaired) electrons. The van der Waals surface area contributed by atoms with Crippen molar-refractivity contribution >= 4 is 27.5 Å². The van der Waals surface area contributed by atoms with Gasteiger partial charge in [0, 0.05) is 7.05 Å². The van der Waals surface area contributed by atoms with E-state index in [1.54, 1.807) is 11.3 Å². The second-order valence-electron chi connectivity index (χ2n) is 4.97. The van der Waals surface area contributed by atoms with E-state index in [-0.39, 0.29) is 0 Å². The molecule has 2 aromatic rings. The molecule has 1 unspecified atom stereocenters. The molecular formula is C15H23N3OS. The van der Waals surface area contributed by atoms with Gasteiger partial charge in [-0.15, -0.1) is 11.3 Å². The fraction of sp³-hybridized carbons (Fsp3) is 0.600. The smallest absolute Gasteiger partial charge is 0.227 e. The van der Waals surface area contributed by atoms with Crippen LogP contribution in [0, 0.1) is 5.92 Å². The topological polar surface area (TPSA) is 47.0 Å². The molecule has 0 amide bonds. The zero-order chi connectivity index (χ0) is 14.4. The van der Waals surface area contributed by atoms with Crippen LogP contribution in [0.1, 0.15) is 39.5 Å². The van der Waals surface area contributed by atoms with Gasteiger partial charge >= 0.3 is 0 Å². The van der Waals surface area contributed by atoms with Gasteiger partial charge in [-0.05, 0) is 23.8 Å². The Morgan fingerprint density at radius 2 is 2.20 bits per heavy atom. The van der Waals surface area contributed by atoms with E-state index >= 15 is 0 Å². The first kappa shape index (κ1) is 15.0. The van der Waals surface area contributed by atoms with Crippen LogP contribution < -0.4 is 10.1 Å². The van der Waals surface area contributed by atoms with Crippen LogP contribution in [-0.2, 0) is 0 Å². The van der Waals surface area contributed by atoms with Crippen LogP contribution in [0.3, 0.4) is 0 Å². The number of rotatable bonds is 8. The van der Waals surface area contributed by atoms with Gasteiger partial charge in [0.2, 0.25) is 11.8 Å². The van der Waals surface area contributed by atoms with E-state index in [1.165, 1.54) is 19.3 Å². The van der Waals surface area contributed by atoms with Crippen LogP contribution in [0.15, 0.2) is 11.4 Å². The predicted octanol–water partition coefficient (Wildman–Crippen LogP) is 4.33. The van der Waals surface area contributed by atoms with E-state index in [1.807, 2.05) is 18.5 Å². The summed E-state index contributed by atoms with van der Waals surface area (Å²) in [4.78, 5) is 9.84. The molecule has 2 heterocycles. The number of aromatic nitrogens is 2. The van der Waals surface area contributed by atoms with Gasteiger partial charge in [0.05, 0.1) is 12.0 Å². The molecule has 0 aliphatic heterocycles. The van der Waals surface area contributed by atoms with Crippen molar-refractivity contribution in [2.45, 2.75) is 39.5 Å². The van der Waals surface area contributed by atoms with E-state index in [0.717, 1.165) is 23.2 Å². The highest BCUT2D eigenvalue weighted by atomic mass is 32.1. The highest BCUT2D eigenvalue weighted by Gasteiger charge is 2.12. The Labute approximate surface area is 124 Å². The van der Waals surface area contributed by atoms with E-state index in [0.29, 0.717) is 17.7 Å². The number of hydrogen-bond acceptors (Lipinski definition) is 5. The van der Waals surface area contributed by atoms with Crippen molar-refractivity contribution in [1.29, 1.82) is 0 Å². The Morgan fingerprint density at radius 1 is 1.35 bits per heavy atom. The minimum absolute atomic E-state index is 0.608. The highest BCUT2D eigenvalue weighted by molar-refractivity contribution is 7.16. The van der Waals surface area contributed by atoms with Crippen molar-refractivity contribution in [3.05, 3.63) is 11.4 Å². The van der Waals surface area contributed by atoms with Crippen LogP contribution in [-0.4, -0.2) is 23.6 Å². The molecule has 0 aliphatic carbocycles. The monoisotopic (exact) mass is 293 g/mol. The minimum atomic E-state index is 0.608. The van der Waals surface area contributed by atoms with Crippen molar-refractivity contribution in [3.63, 3.8) is 0 Å². The van der Waals surface area contributed by atoms with Crippen molar-refractivity contribution in [3.8, 4) is 5.88 Å². The Hall–Kier alpha value is -1.36. The van der Waals surface area contributed by atoms with E-state index in [9.17, 15) is 0 Å². The number of thiophene rings is 1. The Bertz CT molecular complexity index is 541. The highest BCUT2D eigenvalue weighted by Crippen LogP contribution is 2.28. The zero-order valence-corrected chi connectivity index (χ0v) is 13.3. The van der Waals surface area contributed by atoms with Gasteiger partial charge in [0.25, 0.3) is 0 Å². The van der Waals surface area contributed by atoms with Crippen LogP contribution in [0.25, 0.3) is 10.2 Å². The third-order valence-corrected chi connectivity index (χ3v) is 4.32. The first-order chi connectivity index (χ1) is 9.78. The van der Waals surface area contributed by atoms with Crippen molar-refractivity contribution in [1.82, 2.24) is 9.97 Å². The molecule has 0 fully saturated rings. The van der Waals surface area contributed by atoms with Crippen molar-refractivity contribution in [2.24, 2.45) is 5.92 Å². The molecule has 1 N–H and O–H groups in total. The van der Waals surface area contributed by atoms with E-state index in [4.69, 9.17) is 4.74 Å². The fourth-order valence-electron chi connectivity index (χ4n) is 2.14. The lowest BCUT2D eigenvalue weighted by Crippen LogP contribution is -2.12. The summed E-state index contributed by atoms with van der Waals surface area (Å²) >= 11 is 1.61. The number of anilines is 1. The average Bonchev–Trinajstić information content (AvgIpc) is 2.95. The average molecular weight is 293 g/mol. The fourth-order valence-corrected chi connectivity index (χ4v) is 2.90. The summed E-state index contributed by atoms with van der Waals surface area (Å²) in [6.07, 6.45) is 4.88. The second kappa shape index (κ2) is 7.43. The lowest BCUT2D eigenvalue weighted by molar-refractivity contribution is 0.228. The first-order valence-corrected chi connectivity index (χ1v) is 8.22. The SMILES string of the molecule is CCCCC(CC)COc1nc(NC)nc2sccc12. The van der Waals surface area contributed by atoms with Crippen LogP contribution in [0.4, 0.5) is 5.95 Å². The molecular weight excluding hydrogens is 270 g/mol. The largest absolute Gasteiger partial charge is 0.477 e. The lowest BCUT2D eigenvalue weighted by atomic mass is 10.0. The minimum Gasteiger partial charge on any atom is -0.477 e. The van der Waals surface area contributed by atoms with Crippen molar-refractivity contribution < 1.29 is 4.74 Å². The normalized spacial score (nSPS) is 12.6. The first-order valence-electron chi connectivity index (χ1n) is 7.34. The number of nitrogens with zero attached hydrogens (tertiary/aromatic N) is 2. The summed E-state index contributed by atoms with van der Waals surface area (Å²) < 4.78 is 5.99. The van der Waals surface area contributed by atoms with E-state index < -0.39 is 0 Å². The quantitative estimate of drug-likeness (QED) is 0.787. The number of fused-ring (bicyclic) bond motifs is 1. The molecule has 0 aliphatic rings. The van der Waals surface area contributed by atoms with Crippen LogP contribution >= 0.6 is 11.3 Å². The standard InChI is InChI=1S/C15H23N3OS/c1-4-6-7-11(5-2)10-19-13-12-8-9-20-14(12)18-15(16-3)17-13/h8-9,11H,4-7,10H2,1-3H3,(H,16,17,18). The zero-order valence-electron chi connectivity index (χ0n) is 12.5. The molecule has 2 aromatic heterocycles. The van der Waals surface area contributed by atoms with Crippen LogP contribution in [0.5, 0.6) is 5.88 Å². The summed E-state index contributed by atoms with van der Waals surface area (Å²) in [7, 11) is 1.83. The molecule has 4 nitrogen and oxygen atoms in total. The Balaban J connectivity index is 2.09. The van der Waals surface area contributed by atoms with Crippen molar-refractivity contribution in [2.75, 3.05) is 19.0 Å². The Kier molecular flexibility index (Phi) is 5.59. The number of ether oxygens (including phenoxy) is 1. The maximum atomic E-state index is 5.99. The van der Waals surface area contributed by atoms with E-state index in [2.05, 4.69) is 29.1 Å². The summed E-state index contributed by atoms with van der Waals surface area (Å²) in [5.41, 5.74) is 0. The van der Waals surface area contributed by atoms with Gasteiger partial charge in [-0.2, -0.15) is 4.98 Å². The molecule has 2 rings (SSSR count). The molecule has 110 valence electrons. The van der Waals surface area contributed by atoms with Gasteiger partial charge < -0.3 is 10.1 Å². The molecule has 5 heteroatoms. The molecule has 0 saturated carbocycles.